The average Bonchev–Trinajstić information content (AvgIpc) is 3.17. The molecule has 8 heteroatoms. The number of hydrogen-bond acceptors (Lipinski definition) is 4. The van der Waals surface area contributed by atoms with Crippen LogP contribution in [0, 0.1) is 0 Å². The summed E-state index contributed by atoms with van der Waals surface area (Å²) < 4.78 is 1.74. The molecule has 1 saturated heterocycles. The van der Waals surface area contributed by atoms with Crippen molar-refractivity contribution >= 4 is 39.7 Å². The Kier molecular flexibility index (Phi) is 4.19. The molecule has 3 heterocycles. The number of benzene rings is 1. The minimum Gasteiger partial charge on any atom is -0.354 e. The number of nitrogens with one attached hydrogen (secondary N) is 2. The molecule has 1 aliphatic heterocycles. The fraction of sp³-hybridized carbons (Fsp3) is 0.235. The first-order valence-electron chi connectivity index (χ1n) is 7.93. The monoisotopic (exact) mass is 374 g/mol. The number of carbonyl (C=O) groups is 2. The highest BCUT2D eigenvalue weighted by Crippen LogP contribution is 2.29. The Morgan fingerprint density at radius 3 is 3.04 bits per heavy atom. The third-order valence-corrected chi connectivity index (χ3v) is 5.35. The maximum atomic E-state index is 12.6. The molecule has 0 spiro atoms. The van der Waals surface area contributed by atoms with Crippen molar-refractivity contribution in [3.05, 3.63) is 46.6 Å². The van der Waals surface area contributed by atoms with Gasteiger partial charge in [0.25, 0.3) is 5.91 Å². The minimum absolute atomic E-state index is 0.131. The first-order chi connectivity index (χ1) is 12.1. The van der Waals surface area contributed by atoms with E-state index in [1.54, 1.807) is 22.0 Å². The molecular weight excluding hydrogens is 360 g/mol. The van der Waals surface area contributed by atoms with Crippen LogP contribution in [0.1, 0.15) is 23.3 Å². The van der Waals surface area contributed by atoms with E-state index in [1.807, 2.05) is 18.2 Å². The van der Waals surface area contributed by atoms with E-state index in [2.05, 4.69) is 15.6 Å². The Hall–Kier alpha value is -2.38. The largest absolute Gasteiger partial charge is 0.354 e. The Bertz CT molecular complexity index is 965. The molecule has 25 heavy (non-hydrogen) atoms. The number of thiazole rings is 1. The van der Waals surface area contributed by atoms with Crippen LogP contribution in [-0.4, -0.2) is 33.8 Å². The second kappa shape index (κ2) is 6.50. The summed E-state index contributed by atoms with van der Waals surface area (Å²) >= 11 is 7.60. The predicted octanol–water partition coefficient (Wildman–Crippen LogP) is 2.72. The number of imidazole rings is 1. The summed E-state index contributed by atoms with van der Waals surface area (Å²) in [5.41, 5.74) is 1.99. The second-order valence-electron chi connectivity index (χ2n) is 5.84. The van der Waals surface area contributed by atoms with Gasteiger partial charge in [-0.25, -0.2) is 4.98 Å². The number of aromatic nitrogens is 2. The molecule has 1 aromatic carbocycles. The predicted molar refractivity (Wildman–Crippen MR) is 97.0 cm³/mol. The van der Waals surface area contributed by atoms with Crippen molar-refractivity contribution in [2.24, 2.45) is 0 Å². The summed E-state index contributed by atoms with van der Waals surface area (Å²) in [6.07, 6.45) is 3.31. The van der Waals surface area contributed by atoms with Crippen molar-refractivity contribution < 1.29 is 9.59 Å². The van der Waals surface area contributed by atoms with Crippen LogP contribution >= 0.6 is 22.9 Å². The van der Waals surface area contributed by atoms with Gasteiger partial charge in [-0.3, -0.25) is 14.0 Å². The molecule has 3 aromatic rings. The van der Waals surface area contributed by atoms with Crippen LogP contribution in [0.3, 0.4) is 0 Å². The first-order valence-corrected chi connectivity index (χ1v) is 9.19. The van der Waals surface area contributed by atoms with Gasteiger partial charge in [0.05, 0.1) is 10.7 Å². The molecule has 2 aromatic heterocycles. The summed E-state index contributed by atoms with van der Waals surface area (Å²) in [5, 5.41) is 7.93. The molecule has 0 aliphatic carbocycles. The minimum atomic E-state index is -0.484. The van der Waals surface area contributed by atoms with Crippen LogP contribution in [0.25, 0.3) is 16.2 Å². The zero-order valence-electron chi connectivity index (χ0n) is 13.2. The first kappa shape index (κ1) is 16.1. The smallest absolute Gasteiger partial charge is 0.269 e. The summed E-state index contributed by atoms with van der Waals surface area (Å²) in [7, 11) is 0. The highest BCUT2D eigenvalue weighted by molar-refractivity contribution is 7.15. The SMILES string of the molecule is O=C(N[C@H]1CCCNC1=O)c1csc2nc(-c3ccccc3Cl)cn12. The fourth-order valence-corrected chi connectivity index (χ4v) is 3.97. The van der Waals surface area contributed by atoms with E-state index in [1.165, 1.54) is 11.3 Å². The van der Waals surface area contributed by atoms with E-state index in [9.17, 15) is 9.59 Å². The van der Waals surface area contributed by atoms with Gasteiger partial charge in [0.2, 0.25) is 5.91 Å². The van der Waals surface area contributed by atoms with Gasteiger partial charge in [-0.05, 0) is 18.9 Å². The third-order valence-electron chi connectivity index (χ3n) is 4.18. The van der Waals surface area contributed by atoms with Gasteiger partial charge in [-0.15, -0.1) is 11.3 Å². The molecule has 6 nitrogen and oxygen atoms in total. The number of fused-ring (bicyclic) bond motifs is 1. The van der Waals surface area contributed by atoms with Crippen LogP contribution < -0.4 is 10.6 Å². The molecule has 2 amide bonds. The van der Waals surface area contributed by atoms with Crippen LogP contribution in [-0.2, 0) is 4.79 Å². The molecule has 2 N–H and O–H groups in total. The van der Waals surface area contributed by atoms with Gasteiger partial charge < -0.3 is 10.6 Å². The Morgan fingerprint density at radius 1 is 1.40 bits per heavy atom. The van der Waals surface area contributed by atoms with E-state index in [0.717, 1.165) is 12.0 Å². The van der Waals surface area contributed by atoms with Gasteiger partial charge in [-0.1, -0.05) is 29.8 Å². The van der Waals surface area contributed by atoms with Gasteiger partial charge in [0, 0.05) is 23.7 Å². The lowest BCUT2D eigenvalue weighted by atomic mass is 10.1. The topological polar surface area (TPSA) is 75.5 Å². The molecule has 1 fully saturated rings. The maximum Gasteiger partial charge on any atom is 0.269 e. The lowest BCUT2D eigenvalue weighted by molar-refractivity contribution is -0.124. The fourth-order valence-electron chi connectivity index (χ4n) is 2.89. The van der Waals surface area contributed by atoms with Crippen molar-refractivity contribution in [1.29, 1.82) is 0 Å². The van der Waals surface area contributed by atoms with Gasteiger partial charge in [0.1, 0.15) is 11.7 Å². The molecule has 0 radical (unpaired) electrons. The van der Waals surface area contributed by atoms with E-state index in [-0.39, 0.29) is 11.8 Å². The molecule has 0 unspecified atom stereocenters. The van der Waals surface area contributed by atoms with Crippen molar-refractivity contribution in [2.45, 2.75) is 18.9 Å². The normalized spacial score (nSPS) is 17.5. The molecule has 1 atom stereocenters. The highest BCUT2D eigenvalue weighted by atomic mass is 35.5. The van der Waals surface area contributed by atoms with Gasteiger partial charge in [-0.2, -0.15) is 0 Å². The summed E-state index contributed by atoms with van der Waals surface area (Å²) in [4.78, 5) is 29.7. The van der Waals surface area contributed by atoms with Gasteiger partial charge >= 0.3 is 0 Å². The lowest BCUT2D eigenvalue weighted by Gasteiger charge is -2.22. The van der Waals surface area contributed by atoms with E-state index in [0.29, 0.717) is 34.3 Å². The van der Waals surface area contributed by atoms with Crippen molar-refractivity contribution in [1.82, 2.24) is 20.0 Å². The second-order valence-corrected chi connectivity index (χ2v) is 7.08. The Morgan fingerprint density at radius 2 is 2.24 bits per heavy atom. The quantitative estimate of drug-likeness (QED) is 0.740. The molecule has 128 valence electrons. The lowest BCUT2D eigenvalue weighted by Crippen LogP contribution is -2.50. The van der Waals surface area contributed by atoms with E-state index >= 15 is 0 Å². The Labute approximate surface area is 152 Å². The van der Waals surface area contributed by atoms with Crippen molar-refractivity contribution in [2.75, 3.05) is 6.54 Å². The summed E-state index contributed by atoms with van der Waals surface area (Å²) in [6.45, 7) is 0.663. The van der Waals surface area contributed by atoms with Gasteiger partial charge in [0.15, 0.2) is 4.96 Å². The van der Waals surface area contributed by atoms with Crippen LogP contribution in [0.2, 0.25) is 5.02 Å². The van der Waals surface area contributed by atoms with E-state index < -0.39 is 6.04 Å². The maximum absolute atomic E-state index is 12.6. The van der Waals surface area contributed by atoms with Crippen molar-refractivity contribution in [3.63, 3.8) is 0 Å². The summed E-state index contributed by atoms with van der Waals surface area (Å²) in [5.74, 6) is -0.412. The third kappa shape index (κ3) is 3.01. The van der Waals surface area contributed by atoms with Crippen molar-refractivity contribution in [3.8, 4) is 11.3 Å². The number of piperidine rings is 1. The molecule has 4 rings (SSSR count). The standard InChI is InChI=1S/C17H15ClN4O2S/c18-11-5-2-1-4-10(11)13-8-22-14(9-25-17(22)21-13)16(24)20-12-6-3-7-19-15(12)23/h1-2,4-5,8-9,12H,3,6-7H2,(H,19,23)(H,20,24)/t12-/m0/s1. The Balaban J connectivity index is 1.63. The molecule has 0 saturated carbocycles. The zero-order chi connectivity index (χ0) is 17.4. The van der Waals surface area contributed by atoms with Crippen LogP contribution in [0.15, 0.2) is 35.8 Å². The van der Waals surface area contributed by atoms with Crippen LogP contribution in [0.4, 0.5) is 0 Å². The molecule has 1 aliphatic rings. The highest BCUT2D eigenvalue weighted by Gasteiger charge is 2.25. The summed E-state index contributed by atoms with van der Waals surface area (Å²) in [6, 6.07) is 6.96. The number of amides is 2. The zero-order valence-corrected chi connectivity index (χ0v) is 14.7. The molecule has 0 bridgehead atoms. The average molecular weight is 375 g/mol. The van der Waals surface area contributed by atoms with E-state index in [4.69, 9.17) is 11.6 Å². The molecular formula is C17H15ClN4O2S. The number of carbonyl (C=O) groups excluding carboxylic acids is 2. The number of hydrogen-bond donors (Lipinski definition) is 2. The number of rotatable bonds is 3. The number of nitrogens with zero attached hydrogens (tertiary/aromatic N) is 2. The number of halogens is 1. The van der Waals surface area contributed by atoms with Crippen LogP contribution in [0.5, 0.6) is 0 Å².